The van der Waals surface area contributed by atoms with E-state index >= 15 is 0 Å². The zero-order chi connectivity index (χ0) is 27.2. The molecule has 0 bridgehead atoms. The summed E-state index contributed by atoms with van der Waals surface area (Å²) >= 11 is 0. The highest BCUT2D eigenvalue weighted by atomic mass is 16.7. The third-order valence-electron chi connectivity index (χ3n) is 6.31. The van der Waals surface area contributed by atoms with Crippen LogP contribution in [0.15, 0.2) is 65.3 Å². The summed E-state index contributed by atoms with van der Waals surface area (Å²) in [5.74, 6) is -0.807. The van der Waals surface area contributed by atoms with E-state index in [4.69, 9.17) is 18.6 Å². The van der Waals surface area contributed by atoms with E-state index in [9.17, 15) is 30.0 Å². The number of ketones is 1. The zero-order valence-electron chi connectivity index (χ0n) is 20.7. The number of benzene rings is 2. The maximum absolute atomic E-state index is 13.2. The summed E-state index contributed by atoms with van der Waals surface area (Å²) < 4.78 is 22.0. The molecule has 1 fully saturated rings. The predicted molar refractivity (Wildman–Crippen MR) is 133 cm³/mol. The Balaban J connectivity index is 1.50. The van der Waals surface area contributed by atoms with Crippen LogP contribution in [0.3, 0.4) is 0 Å². The van der Waals surface area contributed by atoms with Crippen molar-refractivity contribution in [3.63, 3.8) is 0 Å². The van der Waals surface area contributed by atoms with E-state index in [2.05, 4.69) is 0 Å². The Kier molecular flexibility index (Phi) is 8.80. The standard InChI is InChI=1S/C28H30O10/c1-16(30)36-27-26(34)25(33)23(15-29)38-28(27)37-22-12-5-11-20(32)24(22)19(31)10-4-8-17-7-2-3-9-18(17)21-13-6-14-35-21/h2-3,5-7,9,11-14,23,25-29,32-34H,4,8,10,15H2,1H3/t23-,25-,26+,27-,28-/m1/s1. The molecule has 0 spiro atoms. The number of rotatable bonds is 10. The van der Waals surface area contributed by atoms with Crippen molar-refractivity contribution in [3.05, 3.63) is 72.0 Å². The molecule has 0 unspecified atom stereocenters. The van der Waals surface area contributed by atoms with Gasteiger partial charge in [0.2, 0.25) is 6.29 Å². The lowest BCUT2D eigenvalue weighted by Gasteiger charge is -2.41. The van der Waals surface area contributed by atoms with Gasteiger partial charge in [-0.15, -0.1) is 0 Å². The van der Waals surface area contributed by atoms with E-state index in [-0.39, 0.29) is 23.5 Å². The van der Waals surface area contributed by atoms with Crippen molar-refractivity contribution in [1.82, 2.24) is 0 Å². The van der Waals surface area contributed by atoms with Crippen LogP contribution in [0.25, 0.3) is 11.3 Å². The molecular weight excluding hydrogens is 496 g/mol. The first-order valence-corrected chi connectivity index (χ1v) is 12.2. The van der Waals surface area contributed by atoms with E-state index in [1.165, 1.54) is 18.2 Å². The van der Waals surface area contributed by atoms with E-state index in [0.29, 0.717) is 12.8 Å². The van der Waals surface area contributed by atoms with Crippen LogP contribution in [0.4, 0.5) is 0 Å². The van der Waals surface area contributed by atoms with Gasteiger partial charge in [0, 0.05) is 18.9 Å². The van der Waals surface area contributed by atoms with Gasteiger partial charge in [-0.1, -0.05) is 30.3 Å². The molecule has 1 saturated heterocycles. The second kappa shape index (κ2) is 12.2. The van der Waals surface area contributed by atoms with Crippen LogP contribution in [0.5, 0.6) is 11.5 Å². The topological polar surface area (TPSA) is 156 Å². The number of furan rings is 1. The van der Waals surface area contributed by atoms with Crippen molar-refractivity contribution in [2.24, 2.45) is 0 Å². The number of aliphatic hydroxyl groups excluding tert-OH is 3. The molecule has 5 atom stereocenters. The molecule has 1 aliphatic heterocycles. The predicted octanol–water partition coefficient (Wildman–Crippen LogP) is 2.61. The first kappa shape index (κ1) is 27.3. The number of ether oxygens (including phenoxy) is 3. The highest BCUT2D eigenvalue weighted by Gasteiger charge is 2.48. The minimum Gasteiger partial charge on any atom is -0.507 e. The number of carbonyl (C=O) groups excluding carboxylic acids is 2. The quantitative estimate of drug-likeness (QED) is 0.229. The molecule has 202 valence electrons. The Morgan fingerprint density at radius 3 is 2.50 bits per heavy atom. The lowest BCUT2D eigenvalue weighted by molar-refractivity contribution is -0.281. The monoisotopic (exact) mass is 526 g/mol. The summed E-state index contributed by atoms with van der Waals surface area (Å²) in [5, 5.41) is 40.7. The average molecular weight is 527 g/mol. The first-order chi connectivity index (χ1) is 18.3. The Hall–Kier alpha value is -3.70. The van der Waals surface area contributed by atoms with Crippen molar-refractivity contribution in [1.29, 1.82) is 0 Å². The molecule has 1 aliphatic rings. The average Bonchev–Trinajstić information content (AvgIpc) is 3.43. The first-order valence-electron chi connectivity index (χ1n) is 12.2. The number of hydrogen-bond donors (Lipinski definition) is 4. The maximum atomic E-state index is 13.2. The van der Waals surface area contributed by atoms with Gasteiger partial charge in [-0.3, -0.25) is 9.59 Å². The molecule has 2 aromatic carbocycles. The molecular formula is C28H30O10. The minimum atomic E-state index is -1.62. The maximum Gasteiger partial charge on any atom is 0.303 e. The molecule has 10 nitrogen and oxygen atoms in total. The Labute approximate surface area is 219 Å². The van der Waals surface area contributed by atoms with Gasteiger partial charge in [-0.05, 0) is 42.7 Å². The Bertz CT molecular complexity index is 1240. The Morgan fingerprint density at radius 1 is 1.00 bits per heavy atom. The van der Waals surface area contributed by atoms with Crippen molar-refractivity contribution < 1.29 is 48.6 Å². The number of phenols is 1. The number of phenolic OH excluding ortho intramolecular Hbond substituents is 1. The van der Waals surface area contributed by atoms with Crippen molar-refractivity contribution in [2.75, 3.05) is 6.61 Å². The Morgan fingerprint density at radius 2 is 1.79 bits per heavy atom. The fraction of sp³-hybridized carbons (Fsp3) is 0.357. The molecule has 38 heavy (non-hydrogen) atoms. The number of hydrogen-bond acceptors (Lipinski definition) is 10. The molecule has 10 heteroatoms. The molecule has 4 N–H and O–H groups in total. The van der Waals surface area contributed by atoms with Gasteiger partial charge < -0.3 is 39.1 Å². The SMILES string of the molecule is CC(=O)O[C@H]1[C@H](Oc2cccc(O)c2C(=O)CCCc2ccccc2-c2ccco2)O[C@H](CO)[C@@H](O)[C@@H]1O. The third-order valence-corrected chi connectivity index (χ3v) is 6.31. The van der Waals surface area contributed by atoms with Crippen LogP contribution < -0.4 is 4.74 Å². The van der Waals surface area contributed by atoms with Gasteiger partial charge in [-0.25, -0.2) is 0 Å². The van der Waals surface area contributed by atoms with Crippen molar-refractivity contribution >= 4 is 11.8 Å². The molecule has 0 radical (unpaired) electrons. The van der Waals surface area contributed by atoms with Crippen LogP contribution in [-0.2, 0) is 20.7 Å². The molecule has 2 heterocycles. The third kappa shape index (κ3) is 6.05. The van der Waals surface area contributed by atoms with E-state index in [0.717, 1.165) is 23.8 Å². The largest absolute Gasteiger partial charge is 0.507 e. The normalized spacial score (nSPS) is 23.1. The second-order valence-electron chi connectivity index (χ2n) is 8.96. The number of aliphatic hydroxyl groups is 3. The van der Waals surface area contributed by atoms with E-state index in [1.54, 1.807) is 12.3 Å². The van der Waals surface area contributed by atoms with Crippen LogP contribution in [0.1, 0.15) is 35.7 Å². The zero-order valence-corrected chi connectivity index (χ0v) is 20.7. The summed E-state index contributed by atoms with van der Waals surface area (Å²) in [7, 11) is 0. The van der Waals surface area contributed by atoms with Crippen LogP contribution >= 0.6 is 0 Å². The van der Waals surface area contributed by atoms with Crippen LogP contribution in [0, 0.1) is 0 Å². The van der Waals surface area contributed by atoms with Gasteiger partial charge in [0.1, 0.15) is 41.1 Å². The number of aromatic hydroxyl groups is 1. The lowest BCUT2D eigenvalue weighted by atomic mass is 9.97. The van der Waals surface area contributed by atoms with Gasteiger partial charge in [0.25, 0.3) is 0 Å². The van der Waals surface area contributed by atoms with Gasteiger partial charge in [0.15, 0.2) is 11.9 Å². The number of carbonyl (C=O) groups is 2. The molecule has 0 amide bonds. The summed E-state index contributed by atoms with van der Waals surface area (Å²) in [5.41, 5.74) is 1.84. The summed E-state index contributed by atoms with van der Waals surface area (Å²) in [6, 6.07) is 15.6. The van der Waals surface area contributed by atoms with Crippen LogP contribution in [0.2, 0.25) is 0 Å². The highest BCUT2D eigenvalue weighted by Crippen LogP contribution is 2.34. The lowest BCUT2D eigenvalue weighted by Crippen LogP contribution is -2.61. The fourth-order valence-electron chi connectivity index (χ4n) is 4.47. The van der Waals surface area contributed by atoms with Gasteiger partial charge in [-0.2, -0.15) is 0 Å². The van der Waals surface area contributed by atoms with Gasteiger partial charge >= 0.3 is 5.97 Å². The van der Waals surface area contributed by atoms with Crippen molar-refractivity contribution in [2.45, 2.75) is 56.9 Å². The summed E-state index contributed by atoms with van der Waals surface area (Å²) in [6.07, 6.45) is -4.59. The number of esters is 1. The number of Topliss-reactive ketones (excluding diaryl/α,β-unsaturated/α-hetero) is 1. The summed E-state index contributed by atoms with van der Waals surface area (Å²) in [6.45, 7) is 0.470. The van der Waals surface area contributed by atoms with Crippen molar-refractivity contribution in [3.8, 4) is 22.8 Å². The molecule has 0 aliphatic carbocycles. The second-order valence-corrected chi connectivity index (χ2v) is 8.96. The van der Waals surface area contributed by atoms with Gasteiger partial charge in [0.05, 0.1) is 12.9 Å². The minimum absolute atomic E-state index is 0.0617. The van der Waals surface area contributed by atoms with E-state index in [1.807, 2.05) is 30.3 Å². The smallest absolute Gasteiger partial charge is 0.303 e. The molecule has 0 saturated carbocycles. The summed E-state index contributed by atoms with van der Waals surface area (Å²) in [4.78, 5) is 24.8. The highest BCUT2D eigenvalue weighted by molar-refractivity contribution is 6.01. The molecule has 4 rings (SSSR count). The molecule has 1 aromatic heterocycles. The van der Waals surface area contributed by atoms with Crippen LogP contribution in [-0.4, -0.2) is 69.5 Å². The van der Waals surface area contributed by atoms with E-state index < -0.39 is 49.1 Å². The molecule has 3 aromatic rings. The number of aryl methyl sites for hydroxylation is 1. The fourth-order valence-corrected chi connectivity index (χ4v) is 4.47.